The maximum absolute atomic E-state index is 13.9. The second-order valence-electron chi connectivity index (χ2n) is 10.5. The van der Waals surface area contributed by atoms with Crippen LogP contribution in [0.15, 0.2) is 84.9 Å². The number of carbonyl (C=O) groups excluding carboxylic acids is 3. The van der Waals surface area contributed by atoms with Crippen LogP contribution in [0, 0.1) is 0 Å². The van der Waals surface area contributed by atoms with Crippen LogP contribution in [0.5, 0.6) is 5.75 Å². The van der Waals surface area contributed by atoms with Crippen molar-refractivity contribution in [1.29, 1.82) is 0 Å². The average Bonchev–Trinajstić information content (AvgIpc) is 3.00. The standard InChI is InChI=1S/C32H37N5O4/c1-34-23-29(38)36-28(37(34)32(40)33-21-25-16-18-27(41-2)19-17-25)22-35(20-10-9-13-24-11-5-3-6-12-24)31(39)30(36)26-14-7-4-8-15-26/h3-8,11-12,14-19,28,30H,9-10,13,20-23H2,1-2H3,(H,33,40)/t28-,30-/m0/s1. The molecule has 9 heteroatoms. The average molecular weight is 556 g/mol. The summed E-state index contributed by atoms with van der Waals surface area (Å²) in [6.45, 7) is 1.12. The number of likely N-dealkylation sites (N-methyl/N-ethyl adjacent to an activating group) is 1. The highest BCUT2D eigenvalue weighted by Gasteiger charge is 2.51. The van der Waals surface area contributed by atoms with E-state index < -0.39 is 12.2 Å². The molecule has 2 fully saturated rings. The van der Waals surface area contributed by atoms with Crippen LogP contribution in [0.2, 0.25) is 0 Å². The van der Waals surface area contributed by atoms with Gasteiger partial charge < -0.3 is 19.9 Å². The lowest BCUT2D eigenvalue weighted by atomic mass is 9.98. The zero-order chi connectivity index (χ0) is 28.8. The minimum Gasteiger partial charge on any atom is -0.497 e. The van der Waals surface area contributed by atoms with Crippen LogP contribution in [0.25, 0.3) is 0 Å². The molecule has 9 nitrogen and oxygen atoms in total. The van der Waals surface area contributed by atoms with Crippen LogP contribution >= 0.6 is 0 Å². The van der Waals surface area contributed by atoms with Gasteiger partial charge in [-0.25, -0.2) is 14.8 Å². The SMILES string of the molecule is COc1ccc(CNC(=O)N2[C@H]3CN(CCCCc4ccccc4)C(=O)[C@H](c4ccccc4)N3C(=O)CN2C)cc1. The summed E-state index contributed by atoms with van der Waals surface area (Å²) >= 11 is 0. The van der Waals surface area contributed by atoms with Crippen LogP contribution in [-0.4, -0.2) is 77.6 Å². The number of fused-ring (bicyclic) bond motifs is 1. The number of nitrogens with zero attached hydrogens (tertiary/aromatic N) is 4. The van der Waals surface area contributed by atoms with Gasteiger partial charge in [0.15, 0.2) is 0 Å². The van der Waals surface area contributed by atoms with E-state index in [2.05, 4.69) is 17.4 Å². The van der Waals surface area contributed by atoms with E-state index in [1.54, 1.807) is 29.1 Å². The monoisotopic (exact) mass is 555 g/mol. The first-order valence-corrected chi connectivity index (χ1v) is 14.1. The number of unbranched alkanes of at least 4 members (excludes halogenated alkanes) is 1. The zero-order valence-corrected chi connectivity index (χ0v) is 23.6. The number of hydrogen-bond acceptors (Lipinski definition) is 5. The zero-order valence-electron chi connectivity index (χ0n) is 23.6. The van der Waals surface area contributed by atoms with Gasteiger partial charge in [0.1, 0.15) is 18.0 Å². The summed E-state index contributed by atoms with van der Waals surface area (Å²) in [7, 11) is 3.35. The molecule has 0 unspecified atom stereocenters. The summed E-state index contributed by atoms with van der Waals surface area (Å²) in [6, 6.07) is 26.1. The maximum atomic E-state index is 13.9. The number of benzene rings is 3. The van der Waals surface area contributed by atoms with Gasteiger partial charge in [0, 0.05) is 20.1 Å². The lowest BCUT2D eigenvalue weighted by molar-refractivity contribution is -0.187. The Hall–Kier alpha value is -4.37. The fourth-order valence-corrected chi connectivity index (χ4v) is 5.63. The van der Waals surface area contributed by atoms with Crippen molar-refractivity contribution in [1.82, 2.24) is 25.1 Å². The molecule has 1 N–H and O–H groups in total. The highest BCUT2D eigenvalue weighted by atomic mass is 16.5. The summed E-state index contributed by atoms with van der Waals surface area (Å²) in [5, 5.41) is 6.24. The van der Waals surface area contributed by atoms with E-state index in [1.807, 2.05) is 77.7 Å². The van der Waals surface area contributed by atoms with E-state index in [9.17, 15) is 14.4 Å². The number of ether oxygens (including phenoxy) is 1. The van der Waals surface area contributed by atoms with E-state index in [0.717, 1.165) is 36.1 Å². The molecule has 2 atom stereocenters. The molecule has 3 aromatic rings. The number of piperazine rings is 1. The highest BCUT2D eigenvalue weighted by Crippen LogP contribution is 2.34. The third-order valence-electron chi connectivity index (χ3n) is 7.74. The third kappa shape index (κ3) is 6.36. The molecule has 4 amide bonds. The molecule has 214 valence electrons. The van der Waals surface area contributed by atoms with Gasteiger partial charge in [-0.3, -0.25) is 9.59 Å². The number of rotatable bonds is 9. The van der Waals surface area contributed by atoms with Gasteiger partial charge in [-0.15, -0.1) is 0 Å². The summed E-state index contributed by atoms with van der Waals surface area (Å²) < 4.78 is 5.22. The molecule has 2 heterocycles. The molecule has 0 bridgehead atoms. The number of hydrogen-bond donors (Lipinski definition) is 1. The first kappa shape index (κ1) is 28.2. The van der Waals surface area contributed by atoms with Crippen LogP contribution in [0.1, 0.15) is 35.6 Å². The Morgan fingerprint density at radius 3 is 2.27 bits per heavy atom. The topological polar surface area (TPSA) is 85.4 Å². The van der Waals surface area contributed by atoms with Gasteiger partial charge in [0.25, 0.3) is 0 Å². The Morgan fingerprint density at radius 1 is 0.902 bits per heavy atom. The Balaban J connectivity index is 1.35. The Morgan fingerprint density at radius 2 is 1.59 bits per heavy atom. The van der Waals surface area contributed by atoms with E-state index in [-0.39, 0.29) is 30.9 Å². The Labute approximate surface area is 241 Å². The second kappa shape index (κ2) is 12.9. The Bertz CT molecular complexity index is 1340. The number of hydrazine groups is 1. The van der Waals surface area contributed by atoms with E-state index >= 15 is 0 Å². The quantitative estimate of drug-likeness (QED) is 0.406. The molecular weight excluding hydrogens is 518 g/mol. The normalized spacial score (nSPS) is 19.2. The smallest absolute Gasteiger partial charge is 0.334 e. The van der Waals surface area contributed by atoms with Gasteiger partial charge in [-0.05, 0) is 48.1 Å². The molecule has 5 rings (SSSR count). The number of urea groups is 1. The molecule has 0 saturated carbocycles. The molecule has 0 radical (unpaired) electrons. The van der Waals surface area contributed by atoms with Crippen molar-refractivity contribution in [2.75, 3.05) is 33.8 Å². The fourth-order valence-electron chi connectivity index (χ4n) is 5.63. The number of carbonyl (C=O) groups is 3. The molecule has 2 aliphatic heterocycles. The van der Waals surface area contributed by atoms with Crippen LogP contribution in [-0.2, 0) is 22.6 Å². The number of aryl methyl sites for hydroxylation is 1. The van der Waals surface area contributed by atoms with Crippen molar-refractivity contribution in [2.24, 2.45) is 0 Å². The van der Waals surface area contributed by atoms with E-state index in [4.69, 9.17) is 4.74 Å². The van der Waals surface area contributed by atoms with Crippen LogP contribution < -0.4 is 10.1 Å². The van der Waals surface area contributed by atoms with Crippen molar-refractivity contribution in [2.45, 2.75) is 38.0 Å². The first-order chi connectivity index (χ1) is 20.0. The molecule has 2 aliphatic rings. The van der Waals surface area contributed by atoms with E-state index in [1.165, 1.54) is 5.56 Å². The van der Waals surface area contributed by atoms with Crippen LogP contribution in [0.3, 0.4) is 0 Å². The highest BCUT2D eigenvalue weighted by molar-refractivity contribution is 5.92. The predicted octanol–water partition coefficient (Wildman–Crippen LogP) is 3.83. The van der Waals surface area contributed by atoms with Crippen molar-refractivity contribution in [3.8, 4) is 5.75 Å². The fraction of sp³-hybridized carbons (Fsp3) is 0.344. The minimum absolute atomic E-state index is 0.000144. The third-order valence-corrected chi connectivity index (χ3v) is 7.74. The first-order valence-electron chi connectivity index (χ1n) is 14.1. The predicted molar refractivity (Wildman–Crippen MR) is 155 cm³/mol. The van der Waals surface area contributed by atoms with Gasteiger partial charge in [0.05, 0.1) is 20.2 Å². The summed E-state index contributed by atoms with van der Waals surface area (Å²) in [5.74, 6) is 0.457. The van der Waals surface area contributed by atoms with Crippen molar-refractivity contribution in [3.05, 3.63) is 102 Å². The summed E-state index contributed by atoms with van der Waals surface area (Å²) in [4.78, 5) is 44.4. The lowest BCUT2D eigenvalue weighted by Gasteiger charge is -2.54. The minimum atomic E-state index is -0.790. The van der Waals surface area contributed by atoms with Crippen molar-refractivity contribution in [3.63, 3.8) is 0 Å². The summed E-state index contributed by atoms with van der Waals surface area (Å²) in [5.41, 5.74) is 2.94. The van der Waals surface area contributed by atoms with Gasteiger partial charge in [-0.1, -0.05) is 72.8 Å². The molecule has 0 aromatic heterocycles. The molecule has 3 aromatic carbocycles. The largest absolute Gasteiger partial charge is 0.497 e. The number of methoxy groups -OCH3 is 1. The molecule has 41 heavy (non-hydrogen) atoms. The van der Waals surface area contributed by atoms with Gasteiger partial charge in [-0.2, -0.15) is 0 Å². The van der Waals surface area contributed by atoms with Gasteiger partial charge in [0.2, 0.25) is 11.8 Å². The number of nitrogens with one attached hydrogen (secondary N) is 1. The number of amides is 4. The second-order valence-corrected chi connectivity index (χ2v) is 10.5. The van der Waals surface area contributed by atoms with Crippen LogP contribution in [0.4, 0.5) is 4.79 Å². The molecule has 0 spiro atoms. The lowest BCUT2D eigenvalue weighted by Crippen LogP contribution is -2.73. The van der Waals surface area contributed by atoms with Crippen molar-refractivity contribution >= 4 is 17.8 Å². The van der Waals surface area contributed by atoms with Crippen molar-refractivity contribution < 1.29 is 19.1 Å². The van der Waals surface area contributed by atoms with E-state index in [0.29, 0.717) is 13.1 Å². The van der Waals surface area contributed by atoms with Gasteiger partial charge >= 0.3 is 6.03 Å². The maximum Gasteiger partial charge on any atom is 0.334 e. The Kier molecular flexibility index (Phi) is 8.84. The molecular formula is C32H37N5O4. The molecule has 0 aliphatic carbocycles. The molecule has 2 saturated heterocycles. The summed E-state index contributed by atoms with van der Waals surface area (Å²) in [6.07, 6.45) is 2.06.